The van der Waals surface area contributed by atoms with Gasteiger partial charge in [-0.15, -0.1) is 11.3 Å². The monoisotopic (exact) mass is 303 g/mol. The SMILES string of the molecule is Cc1ncn(-c2nc3sccn3c2CNC(C)(C)C)c1C. The number of aromatic nitrogens is 4. The lowest BCUT2D eigenvalue weighted by molar-refractivity contribution is 0.420. The minimum atomic E-state index is 0.0668. The van der Waals surface area contributed by atoms with Gasteiger partial charge >= 0.3 is 0 Å². The third-order valence-electron chi connectivity index (χ3n) is 3.61. The molecule has 0 aromatic carbocycles. The van der Waals surface area contributed by atoms with E-state index in [1.54, 1.807) is 11.3 Å². The van der Waals surface area contributed by atoms with Crippen molar-refractivity contribution in [3.8, 4) is 5.82 Å². The number of thiazole rings is 1. The van der Waals surface area contributed by atoms with Gasteiger partial charge < -0.3 is 5.32 Å². The predicted octanol–water partition coefficient (Wildman–Crippen LogP) is 3.09. The summed E-state index contributed by atoms with van der Waals surface area (Å²) in [6.07, 6.45) is 3.94. The molecule has 3 aromatic heterocycles. The van der Waals surface area contributed by atoms with Gasteiger partial charge in [-0.25, -0.2) is 9.97 Å². The van der Waals surface area contributed by atoms with Crippen molar-refractivity contribution in [2.24, 2.45) is 0 Å². The van der Waals surface area contributed by atoms with Gasteiger partial charge in [0.2, 0.25) is 0 Å². The lowest BCUT2D eigenvalue weighted by Crippen LogP contribution is -2.35. The highest BCUT2D eigenvalue weighted by Crippen LogP contribution is 2.23. The highest BCUT2D eigenvalue weighted by atomic mass is 32.1. The zero-order valence-corrected chi connectivity index (χ0v) is 14.0. The van der Waals surface area contributed by atoms with Crippen LogP contribution in [0, 0.1) is 13.8 Å². The molecule has 0 saturated carbocycles. The Balaban J connectivity index is 2.09. The Morgan fingerprint density at radius 3 is 2.67 bits per heavy atom. The maximum Gasteiger partial charge on any atom is 0.195 e. The Morgan fingerprint density at radius 1 is 1.29 bits per heavy atom. The first kappa shape index (κ1) is 14.3. The molecule has 0 unspecified atom stereocenters. The zero-order valence-electron chi connectivity index (χ0n) is 13.1. The van der Waals surface area contributed by atoms with Crippen LogP contribution >= 0.6 is 11.3 Å². The summed E-state index contributed by atoms with van der Waals surface area (Å²) in [5.74, 6) is 0.969. The molecule has 0 bridgehead atoms. The van der Waals surface area contributed by atoms with E-state index in [2.05, 4.69) is 58.5 Å². The molecule has 0 radical (unpaired) electrons. The van der Waals surface area contributed by atoms with Crippen LogP contribution in [0.25, 0.3) is 10.8 Å². The maximum atomic E-state index is 4.78. The quantitative estimate of drug-likeness (QED) is 0.809. The van der Waals surface area contributed by atoms with Crippen LogP contribution in [0.2, 0.25) is 0 Å². The first-order valence-electron chi connectivity index (χ1n) is 7.07. The molecular weight excluding hydrogens is 282 g/mol. The van der Waals surface area contributed by atoms with Crippen LogP contribution in [0.3, 0.4) is 0 Å². The molecule has 0 spiro atoms. The molecule has 3 heterocycles. The molecule has 0 aliphatic carbocycles. The van der Waals surface area contributed by atoms with E-state index in [4.69, 9.17) is 4.98 Å². The normalized spacial score (nSPS) is 12.4. The van der Waals surface area contributed by atoms with Crippen molar-refractivity contribution in [1.82, 2.24) is 24.3 Å². The van der Waals surface area contributed by atoms with Crippen LogP contribution < -0.4 is 5.32 Å². The van der Waals surface area contributed by atoms with Crippen molar-refractivity contribution in [3.05, 3.63) is 35.0 Å². The van der Waals surface area contributed by atoms with Crippen molar-refractivity contribution in [3.63, 3.8) is 0 Å². The summed E-state index contributed by atoms with van der Waals surface area (Å²) in [6.45, 7) is 11.4. The van der Waals surface area contributed by atoms with Crippen LogP contribution in [0.5, 0.6) is 0 Å². The van der Waals surface area contributed by atoms with Gasteiger partial charge in [0, 0.05) is 29.4 Å². The minimum Gasteiger partial charge on any atom is -0.306 e. The van der Waals surface area contributed by atoms with E-state index in [0.717, 1.165) is 28.7 Å². The molecule has 1 N–H and O–H groups in total. The molecular formula is C15H21N5S. The zero-order chi connectivity index (χ0) is 15.2. The van der Waals surface area contributed by atoms with Crippen LogP contribution in [0.1, 0.15) is 37.9 Å². The molecule has 112 valence electrons. The Morgan fingerprint density at radius 2 is 2.05 bits per heavy atom. The van der Waals surface area contributed by atoms with Gasteiger partial charge in [-0.3, -0.25) is 8.97 Å². The topological polar surface area (TPSA) is 47.2 Å². The van der Waals surface area contributed by atoms with Gasteiger partial charge in [0.25, 0.3) is 0 Å². The van der Waals surface area contributed by atoms with Gasteiger partial charge in [-0.1, -0.05) is 0 Å². The Labute approximate surface area is 128 Å². The number of hydrogen-bond acceptors (Lipinski definition) is 4. The molecule has 3 aromatic rings. The standard InChI is InChI=1S/C15H21N5S/c1-10-11(2)20(9-16-10)13-12(8-17-15(3,4)5)19-6-7-21-14(19)18-13/h6-7,9,17H,8H2,1-5H3. The predicted molar refractivity (Wildman–Crippen MR) is 86.3 cm³/mol. The summed E-state index contributed by atoms with van der Waals surface area (Å²) >= 11 is 1.65. The first-order chi connectivity index (χ1) is 9.87. The smallest absolute Gasteiger partial charge is 0.195 e. The Kier molecular flexibility index (Phi) is 3.37. The number of imidazole rings is 2. The highest BCUT2D eigenvalue weighted by molar-refractivity contribution is 7.15. The summed E-state index contributed by atoms with van der Waals surface area (Å²) in [5, 5.41) is 5.62. The minimum absolute atomic E-state index is 0.0668. The molecule has 0 aliphatic rings. The van der Waals surface area contributed by atoms with Gasteiger partial charge in [-0.2, -0.15) is 0 Å². The third-order valence-corrected chi connectivity index (χ3v) is 4.36. The van der Waals surface area contributed by atoms with E-state index in [1.807, 2.05) is 13.3 Å². The molecule has 21 heavy (non-hydrogen) atoms. The molecule has 0 atom stereocenters. The molecule has 6 heteroatoms. The largest absolute Gasteiger partial charge is 0.306 e. The van der Waals surface area contributed by atoms with Crippen molar-refractivity contribution in [1.29, 1.82) is 0 Å². The van der Waals surface area contributed by atoms with Gasteiger partial charge in [0.1, 0.15) is 6.33 Å². The fourth-order valence-electron chi connectivity index (χ4n) is 2.24. The molecule has 3 rings (SSSR count). The molecule has 0 saturated heterocycles. The number of hydrogen-bond donors (Lipinski definition) is 1. The fourth-order valence-corrected chi connectivity index (χ4v) is 2.97. The summed E-state index contributed by atoms with van der Waals surface area (Å²) in [7, 11) is 0. The van der Waals surface area contributed by atoms with E-state index in [0.29, 0.717) is 0 Å². The van der Waals surface area contributed by atoms with E-state index >= 15 is 0 Å². The van der Waals surface area contributed by atoms with Gasteiger partial charge in [-0.05, 0) is 34.6 Å². The summed E-state index contributed by atoms with van der Waals surface area (Å²) in [5.41, 5.74) is 3.41. The first-order valence-corrected chi connectivity index (χ1v) is 7.95. The van der Waals surface area contributed by atoms with E-state index in [1.165, 1.54) is 5.69 Å². The van der Waals surface area contributed by atoms with Gasteiger partial charge in [0.15, 0.2) is 10.8 Å². The number of nitrogens with zero attached hydrogens (tertiary/aromatic N) is 4. The van der Waals surface area contributed by atoms with Crippen molar-refractivity contribution >= 4 is 16.3 Å². The molecule has 0 aliphatic heterocycles. The fraction of sp³-hybridized carbons (Fsp3) is 0.467. The van der Waals surface area contributed by atoms with E-state index in [9.17, 15) is 0 Å². The second-order valence-electron chi connectivity index (χ2n) is 6.33. The number of nitrogens with one attached hydrogen (secondary N) is 1. The lowest BCUT2D eigenvalue weighted by atomic mass is 10.1. The third kappa shape index (κ3) is 2.61. The highest BCUT2D eigenvalue weighted by Gasteiger charge is 2.19. The van der Waals surface area contributed by atoms with Crippen molar-refractivity contribution in [2.75, 3.05) is 0 Å². The van der Waals surface area contributed by atoms with E-state index in [-0.39, 0.29) is 5.54 Å². The second kappa shape index (κ2) is 4.96. The van der Waals surface area contributed by atoms with Crippen molar-refractivity contribution in [2.45, 2.75) is 46.7 Å². The van der Waals surface area contributed by atoms with Crippen LogP contribution in [-0.2, 0) is 6.54 Å². The summed E-state index contributed by atoms with van der Waals surface area (Å²) in [4.78, 5) is 10.2. The number of aryl methyl sites for hydroxylation is 1. The average molecular weight is 303 g/mol. The van der Waals surface area contributed by atoms with Crippen LogP contribution in [-0.4, -0.2) is 24.5 Å². The Hall–Kier alpha value is -1.66. The van der Waals surface area contributed by atoms with E-state index < -0.39 is 0 Å². The Bertz CT molecular complexity index is 772. The molecule has 5 nitrogen and oxygen atoms in total. The van der Waals surface area contributed by atoms with Crippen LogP contribution in [0.4, 0.5) is 0 Å². The van der Waals surface area contributed by atoms with Crippen molar-refractivity contribution < 1.29 is 0 Å². The number of rotatable bonds is 3. The lowest BCUT2D eigenvalue weighted by Gasteiger charge is -2.20. The maximum absolute atomic E-state index is 4.78. The summed E-state index contributed by atoms with van der Waals surface area (Å²) in [6, 6.07) is 0. The van der Waals surface area contributed by atoms with Gasteiger partial charge in [0.05, 0.1) is 11.4 Å². The average Bonchev–Trinajstić information content (AvgIpc) is 3.03. The van der Waals surface area contributed by atoms with Crippen LogP contribution in [0.15, 0.2) is 17.9 Å². The number of fused-ring (bicyclic) bond motifs is 1. The molecule has 0 amide bonds. The second-order valence-corrected chi connectivity index (χ2v) is 7.20. The summed E-state index contributed by atoms with van der Waals surface area (Å²) < 4.78 is 4.24. The molecule has 0 fully saturated rings.